The number of carbonyl (C=O) groups excluding carboxylic acids is 2. The zero-order chi connectivity index (χ0) is 19.8. The molecule has 0 bridgehead atoms. The van der Waals surface area contributed by atoms with Gasteiger partial charge < -0.3 is 14.2 Å². The maximum absolute atomic E-state index is 12.4. The lowest BCUT2D eigenvalue weighted by Crippen LogP contribution is -2.20. The maximum atomic E-state index is 12.4. The van der Waals surface area contributed by atoms with Gasteiger partial charge in [0.1, 0.15) is 5.25 Å². The molecule has 0 N–H and O–H groups in total. The summed E-state index contributed by atoms with van der Waals surface area (Å²) in [4.78, 5) is 24.5. The molecule has 0 fully saturated rings. The van der Waals surface area contributed by atoms with Crippen LogP contribution >= 0.6 is 23.4 Å². The van der Waals surface area contributed by atoms with E-state index in [0.29, 0.717) is 22.1 Å². The molecule has 1 unspecified atom stereocenters. The Labute approximate surface area is 167 Å². The number of thioether (sulfide) groups is 1. The zero-order valence-electron chi connectivity index (χ0n) is 15.1. The van der Waals surface area contributed by atoms with Crippen LogP contribution in [-0.2, 0) is 14.3 Å². The molecule has 142 valence electrons. The van der Waals surface area contributed by atoms with Crippen molar-refractivity contribution >= 4 is 41.4 Å². The van der Waals surface area contributed by atoms with Gasteiger partial charge in [0.15, 0.2) is 11.5 Å². The predicted molar refractivity (Wildman–Crippen MR) is 106 cm³/mol. The number of esters is 2. The molecule has 2 aromatic carbocycles. The molecule has 2 rings (SSSR count). The third-order valence-electron chi connectivity index (χ3n) is 3.47. The average Bonchev–Trinajstić information content (AvgIpc) is 2.68. The standard InChI is InChI=1S/C20H19ClO5S/c1-13(27-16-8-6-15(21)7-9-16)20(23)26-17-10-4-14(12-18(17)24-2)5-11-19(22)25-3/h4-13H,1-3H3/b11-5+. The van der Waals surface area contributed by atoms with Gasteiger partial charge in [0, 0.05) is 16.0 Å². The van der Waals surface area contributed by atoms with Crippen LogP contribution in [0.15, 0.2) is 53.4 Å². The van der Waals surface area contributed by atoms with Crippen LogP contribution in [0.2, 0.25) is 5.02 Å². The SMILES string of the molecule is COC(=O)/C=C/c1ccc(OC(=O)C(C)Sc2ccc(Cl)cc2)c(OC)c1. The first-order chi connectivity index (χ1) is 12.9. The smallest absolute Gasteiger partial charge is 0.330 e. The average molecular weight is 407 g/mol. The summed E-state index contributed by atoms with van der Waals surface area (Å²) in [6.45, 7) is 1.77. The topological polar surface area (TPSA) is 61.8 Å². The number of hydrogen-bond donors (Lipinski definition) is 0. The van der Waals surface area contributed by atoms with Gasteiger partial charge in [-0.3, -0.25) is 4.79 Å². The van der Waals surface area contributed by atoms with Crippen molar-refractivity contribution in [3.05, 3.63) is 59.1 Å². The van der Waals surface area contributed by atoms with E-state index < -0.39 is 17.2 Å². The third kappa shape index (κ3) is 6.34. The molecule has 0 saturated carbocycles. The zero-order valence-corrected chi connectivity index (χ0v) is 16.7. The summed E-state index contributed by atoms with van der Waals surface area (Å²) in [5, 5.41) is 0.218. The molecule has 0 aliphatic heterocycles. The van der Waals surface area contributed by atoms with Gasteiger partial charge in [-0.1, -0.05) is 17.7 Å². The van der Waals surface area contributed by atoms with E-state index in [2.05, 4.69) is 4.74 Å². The summed E-state index contributed by atoms with van der Waals surface area (Å²) in [7, 11) is 2.78. The molecular weight excluding hydrogens is 388 g/mol. The Balaban J connectivity index is 2.06. The summed E-state index contributed by atoms with van der Waals surface area (Å²) in [6.07, 6.45) is 2.88. The fraction of sp³-hybridized carbons (Fsp3) is 0.200. The number of methoxy groups -OCH3 is 2. The van der Waals surface area contributed by atoms with Crippen LogP contribution in [0.25, 0.3) is 6.08 Å². The van der Waals surface area contributed by atoms with E-state index in [1.807, 2.05) is 12.1 Å². The molecule has 2 aromatic rings. The van der Waals surface area contributed by atoms with Crippen molar-refractivity contribution in [2.45, 2.75) is 17.1 Å². The van der Waals surface area contributed by atoms with E-state index in [1.54, 1.807) is 43.3 Å². The van der Waals surface area contributed by atoms with Crippen molar-refractivity contribution in [1.29, 1.82) is 0 Å². The van der Waals surface area contributed by atoms with Crippen molar-refractivity contribution < 1.29 is 23.8 Å². The Hall–Kier alpha value is -2.44. The molecule has 0 aliphatic carbocycles. The van der Waals surface area contributed by atoms with Crippen LogP contribution in [-0.4, -0.2) is 31.4 Å². The van der Waals surface area contributed by atoms with Gasteiger partial charge in [-0.15, -0.1) is 11.8 Å². The molecule has 7 heteroatoms. The van der Waals surface area contributed by atoms with Crippen molar-refractivity contribution in [2.75, 3.05) is 14.2 Å². The number of rotatable bonds is 7. The van der Waals surface area contributed by atoms with Crippen molar-refractivity contribution in [3.63, 3.8) is 0 Å². The minimum Gasteiger partial charge on any atom is -0.493 e. The van der Waals surface area contributed by atoms with Crippen molar-refractivity contribution in [1.82, 2.24) is 0 Å². The van der Waals surface area contributed by atoms with E-state index in [1.165, 1.54) is 32.1 Å². The van der Waals surface area contributed by atoms with E-state index >= 15 is 0 Å². The quantitative estimate of drug-likeness (QED) is 0.289. The third-order valence-corrected chi connectivity index (χ3v) is 4.81. The fourth-order valence-corrected chi connectivity index (χ4v) is 3.03. The highest BCUT2D eigenvalue weighted by molar-refractivity contribution is 8.00. The van der Waals surface area contributed by atoms with Crippen molar-refractivity contribution in [2.24, 2.45) is 0 Å². The van der Waals surface area contributed by atoms with Gasteiger partial charge in [0.05, 0.1) is 14.2 Å². The highest BCUT2D eigenvalue weighted by Crippen LogP contribution is 2.31. The highest BCUT2D eigenvalue weighted by Gasteiger charge is 2.19. The van der Waals surface area contributed by atoms with Crippen LogP contribution < -0.4 is 9.47 Å². The Morgan fingerprint density at radius 2 is 1.78 bits per heavy atom. The fourth-order valence-electron chi connectivity index (χ4n) is 2.06. The second-order valence-electron chi connectivity index (χ2n) is 5.40. The molecule has 0 radical (unpaired) electrons. The Bertz CT molecular complexity index is 833. The van der Waals surface area contributed by atoms with Gasteiger partial charge in [0.2, 0.25) is 0 Å². The second-order valence-corrected chi connectivity index (χ2v) is 7.25. The molecule has 0 aromatic heterocycles. The lowest BCUT2D eigenvalue weighted by Gasteiger charge is -2.13. The van der Waals surface area contributed by atoms with Gasteiger partial charge >= 0.3 is 11.9 Å². The lowest BCUT2D eigenvalue weighted by molar-refractivity contribution is -0.135. The normalized spacial score (nSPS) is 11.9. The van der Waals surface area contributed by atoms with Gasteiger partial charge in [-0.05, 0) is 55.0 Å². The van der Waals surface area contributed by atoms with Crippen LogP contribution in [0.5, 0.6) is 11.5 Å². The summed E-state index contributed by atoms with van der Waals surface area (Å²) in [5.41, 5.74) is 0.709. The number of carbonyl (C=O) groups is 2. The van der Waals surface area contributed by atoms with Gasteiger partial charge in [0.25, 0.3) is 0 Å². The predicted octanol–water partition coefficient (Wildman–Crippen LogP) is 4.62. The molecule has 27 heavy (non-hydrogen) atoms. The van der Waals surface area contributed by atoms with E-state index in [9.17, 15) is 9.59 Å². The summed E-state index contributed by atoms with van der Waals surface area (Å²) < 4.78 is 15.3. The first-order valence-corrected chi connectivity index (χ1v) is 9.26. The van der Waals surface area contributed by atoms with E-state index in [4.69, 9.17) is 21.1 Å². The minimum atomic E-state index is -0.461. The maximum Gasteiger partial charge on any atom is 0.330 e. The summed E-state index contributed by atoms with van der Waals surface area (Å²) >= 11 is 7.24. The second kappa shape index (κ2) is 10.0. The highest BCUT2D eigenvalue weighted by atomic mass is 35.5. The van der Waals surface area contributed by atoms with Crippen LogP contribution in [0.4, 0.5) is 0 Å². The largest absolute Gasteiger partial charge is 0.493 e. The van der Waals surface area contributed by atoms with Gasteiger partial charge in [-0.25, -0.2) is 4.79 Å². The molecule has 1 atom stereocenters. The summed E-state index contributed by atoms with van der Waals surface area (Å²) in [5.74, 6) is -0.163. The Morgan fingerprint density at radius 1 is 1.07 bits per heavy atom. The molecule has 0 spiro atoms. The Morgan fingerprint density at radius 3 is 2.41 bits per heavy atom. The summed E-state index contributed by atoms with van der Waals surface area (Å²) in [6, 6.07) is 12.2. The minimum absolute atomic E-state index is 0.307. The van der Waals surface area contributed by atoms with E-state index in [0.717, 1.165) is 4.90 Å². The molecule has 5 nitrogen and oxygen atoms in total. The molecule has 0 saturated heterocycles. The number of hydrogen-bond acceptors (Lipinski definition) is 6. The first kappa shape index (κ1) is 20.9. The number of halogens is 1. The Kier molecular flexibility index (Phi) is 7.76. The molecule has 0 heterocycles. The number of ether oxygens (including phenoxy) is 3. The molecule has 0 amide bonds. The molecular formula is C20H19ClO5S. The van der Waals surface area contributed by atoms with Crippen LogP contribution in [0, 0.1) is 0 Å². The first-order valence-electron chi connectivity index (χ1n) is 8.01. The monoisotopic (exact) mass is 406 g/mol. The van der Waals surface area contributed by atoms with Crippen LogP contribution in [0.1, 0.15) is 12.5 Å². The molecule has 0 aliphatic rings. The number of benzene rings is 2. The van der Waals surface area contributed by atoms with Gasteiger partial charge in [-0.2, -0.15) is 0 Å². The van der Waals surface area contributed by atoms with E-state index in [-0.39, 0.29) is 0 Å². The lowest BCUT2D eigenvalue weighted by atomic mass is 10.2. The van der Waals surface area contributed by atoms with Crippen molar-refractivity contribution in [3.8, 4) is 11.5 Å². The van der Waals surface area contributed by atoms with Crippen LogP contribution in [0.3, 0.4) is 0 Å².